The number of carbonyl (C=O) groups is 4. The maximum atomic E-state index is 11.7. The van der Waals surface area contributed by atoms with E-state index in [0.29, 0.717) is 13.0 Å². The Morgan fingerprint density at radius 3 is 1.93 bits per heavy atom. The van der Waals surface area contributed by atoms with E-state index in [2.05, 4.69) is 0 Å². The maximum Gasteiger partial charge on any atom is 0.303 e. The van der Waals surface area contributed by atoms with E-state index in [1.165, 1.54) is 27.7 Å². The number of thioether (sulfide) groups is 1. The predicted octanol–water partition coefficient (Wildman–Crippen LogP) is 1.23. The van der Waals surface area contributed by atoms with Crippen molar-refractivity contribution in [1.29, 1.82) is 0 Å². The quantitative estimate of drug-likeness (QED) is 0.256. The van der Waals surface area contributed by atoms with Crippen molar-refractivity contribution in [3.05, 3.63) is 0 Å². The van der Waals surface area contributed by atoms with Crippen LogP contribution in [-0.4, -0.2) is 79.3 Å². The minimum Gasteiger partial charge on any atom is -0.463 e. The van der Waals surface area contributed by atoms with Crippen molar-refractivity contribution >= 4 is 35.6 Å². The van der Waals surface area contributed by atoms with E-state index in [9.17, 15) is 19.2 Å². The van der Waals surface area contributed by atoms with E-state index >= 15 is 0 Å². The van der Waals surface area contributed by atoms with E-state index < -0.39 is 54.6 Å². The average Bonchev–Trinajstić information content (AvgIpc) is 2.63. The van der Waals surface area contributed by atoms with Gasteiger partial charge in [0.05, 0.1) is 6.61 Å². The molecule has 1 heterocycles. The van der Waals surface area contributed by atoms with E-state index in [1.807, 2.05) is 6.92 Å². The van der Waals surface area contributed by atoms with Gasteiger partial charge in [-0.15, -0.1) is 0 Å². The molecule has 1 fully saturated rings. The van der Waals surface area contributed by atoms with E-state index in [4.69, 9.17) is 28.4 Å². The molecule has 30 heavy (non-hydrogen) atoms. The van der Waals surface area contributed by atoms with Crippen LogP contribution in [0.2, 0.25) is 0 Å². The highest BCUT2D eigenvalue weighted by Gasteiger charge is 2.52. The Hall–Kier alpha value is -1.85. The van der Waals surface area contributed by atoms with E-state index in [1.54, 1.807) is 11.8 Å². The van der Waals surface area contributed by atoms with Crippen LogP contribution in [-0.2, 0) is 47.6 Å². The summed E-state index contributed by atoms with van der Waals surface area (Å²) in [6.07, 6.45) is -4.96. The van der Waals surface area contributed by atoms with Crippen molar-refractivity contribution in [3.8, 4) is 0 Å². The fourth-order valence-electron chi connectivity index (χ4n) is 2.83. The summed E-state index contributed by atoms with van der Waals surface area (Å²) in [6, 6.07) is 0. The Balaban J connectivity index is 3.13. The van der Waals surface area contributed by atoms with E-state index in [0.717, 1.165) is 11.5 Å². The molecule has 5 atom stereocenters. The van der Waals surface area contributed by atoms with Gasteiger partial charge in [0.2, 0.25) is 0 Å². The molecule has 0 spiro atoms. The molecule has 1 rings (SSSR count). The smallest absolute Gasteiger partial charge is 0.303 e. The lowest BCUT2D eigenvalue weighted by molar-refractivity contribution is -0.308. The van der Waals surface area contributed by atoms with Crippen LogP contribution in [0.3, 0.4) is 0 Å². The lowest BCUT2D eigenvalue weighted by Gasteiger charge is -2.44. The van der Waals surface area contributed by atoms with Crippen molar-refractivity contribution < 1.29 is 47.6 Å². The summed E-state index contributed by atoms with van der Waals surface area (Å²) >= 11 is 1.74. The van der Waals surface area contributed by atoms with Crippen LogP contribution in [0.15, 0.2) is 0 Å². The van der Waals surface area contributed by atoms with Gasteiger partial charge in [-0.25, -0.2) is 0 Å². The van der Waals surface area contributed by atoms with Gasteiger partial charge in [0.25, 0.3) is 0 Å². The average molecular weight is 451 g/mol. The highest BCUT2D eigenvalue weighted by atomic mass is 32.2. The van der Waals surface area contributed by atoms with Crippen LogP contribution in [0.4, 0.5) is 0 Å². The fourth-order valence-corrected chi connectivity index (χ4v) is 3.44. The third-order valence-electron chi connectivity index (χ3n) is 3.87. The molecular formula is C19H30O10S. The first-order valence-corrected chi connectivity index (χ1v) is 10.8. The van der Waals surface area contributed by atoms with Crippen LogP contribution >= 0.6 is 11.8 Å². The van der Waals surface area contributed by atoms with Crippen molar-refractivity contribution in [2.24, 2.45) is 0 Å². The molecule has 0 bridgehead atoms. The van der Waals surface area contributed by atoms with Gasteiger partial charge in [0, 0.05) is 27.7 Å². The summed E-state index contributed by atoms with van der Waals surface area (Å²) in [5.41, 5.74) is 0. The minimum absolute atomic E-state index is 0.274. The van der Waals surface area contributed by atoms with Crippen LogP contribution < -0.4 is 0 Å². The van der Waals surface area contributed by atoms with Crippen LogP contribution in [0.1, 0.15) is 41.0 Å². The van der Waals surface area contributed by atoms with Gasteiger partial charge < -0.3 is 28.4 Å². The topological polar surface area (TPSA) is 124 Å². The molecule has 172 valence electrons. The first-order valence-electron chi connectivity index (χ1n) is 9.65. The molecule has 11 heteroatoms. The van der Waals surface area contributed by atoms with Gasteiger partial charge in [0.15, 0.2) is 24.6 Å². The van der Waals surface area contributed by atoms with E-state index in [-0.39, 0.29) is 6.61 Å². The van der Waals surface area contributed by atoms with Gasteiger partial charge in [-0.3, -0.25) is 19.2 Å². The minimum atomic E-state index is -1.21. The van der Waals surface area contributed by atoms with Crippen molar-refractivity contribution in [3.63, 3.8) is 0 Å². The molecule has 0 radical (unpaired) electrons. The molecule has 0 amide bonds. The molecule has 1 aliphatic rings. The Bertz CT molecular complexity index is 596. The third-order valence-corrected chi connectivity index (χ3v) is 4.85. The lowest BCUT2D eigenvalue weighted by atomic mass is 9.98. The van der Waals surface area contributed by atoms with Gasteiger partial charge in [-0.2, -0.15) is 11.8 Å². The number of carbonyl (C=O) groups excluding carboxylic acids is 4. The second-order valence-electron chi connectivity index (χ2n) is 6.49. The number of ether oxygens (including phenoxy) is 6. The largest absolute Gasteiger partial charge is 0.463 e. The van der Waals surface area contributed by atoms with Crippen molar-refractivity contribution in [1.82, 2.24) is 0 Å². The summed E-state index contributed by atoms with van der Waals surface area (Å²) in [4.78, 5) is 46.3. The standard InChI is InChI=1S/C19H30O10S/c1-6-30-9-7-8-24-19-18(28-14(5)23)17(27-13(4)22)16(26-12(3)21)15(29-19)10-25-11(2)20/h15-19H,6-10H2,1-5H3/t15-,16-,17+,18-,19-/m1/s1. The number of hydrogen-bond donors (Lipinski definition) is 0. The lowest BCUT2D eigenvalue weighted by Crippen LogP contribution is -2.63. The zero-order valence-corrected chi connectivity index (χ0v) is 18.7. The molecule has 0 aliphatic carbocycles. The highest BCUT2D eigenvalue weighted by molar-refractivity contribution is 7.99. The second kappa shape index (κ2) is 13.5. The second-order valence-corrected chi connectivity index (χ2v) is 7.88. The van der Waals surface area contributed by atoms with Crippen LogP contribution in [0.25, 0.3) is 0 Å². The molecule has 0 aromatic carbocycles. The molecule has 0 saturated carbocycles. The van der Waals surface area contributed by atoms with Gasteiger partial charge in [-0.05, 0) is 17.9 Å². The van der Waals surface area contributed by atoms with Gasteiger partial charge >= 0.3 is 23.9 Å². The molecular weight excluding hydrogens is 420 g/mol. The van der Waals surface area contributed by atoms with Crippen molar-refractivity contribution in [2.75, 3.05) is 24.7 Å². The molecule has 0 aromatic heterocycles. The first kappa shape index (κ1) is 26.2. The summed E-state index contributed by atoms with van der Waals surface area (Å²) in [5.74, 6) is -0.746. The van der Waals surface area contributed by atoms with Gasteiger partial charge in [0.1, 0.15) is 12.7 Å². The van der Waals surface area contributed by atoms with Crippen molar-refractivity contribution in [2.45, 2.75) is 71.7 Å². The summed E-state index contributed by atoms with van der Waals surface area (Å²) in [5, 5.41) is 0. The predicted molar refractivity (Wildman–Crippen MR) is 106 cm³/mol. The Morgan fingerprint density at radius 2 is 1.40 bits per heavy atom. The monoisotopic (exact) mass is 450 g/mol. The van der Waals surface area contributed by atoms with Crippen LogP contribution in [0, 0.1) is 0 Å². The third kappa shape index (κ3) is 9.31. The summed E-state index contributed by atoms with van der Waals surface area (Å²) in [6.45, 7) is 6.81. The molecule has 10 nitrogen and oxygen atoms in total. The molecule has 0 unspecified atom stereocenters. The molecule has 1 aliphatic heterocycles. The zero-order valence-electron chi connectivity index (χ0n) is 17.9. The Kier molecular flexibility index (Phi) is 11.7. The number of rotatable bonds is 11. The summed E-state index contributed by atoms with van der Waals surface area (Å²) < 4.78 is 32.5. The summed E-state index contributed by atoms with van der Waals surface area (Å²) in [7, 11) is 0. The van der Waals surface area contributed by atoms with Crippen LogP contribution in [0.5, 0.6) is 0 Å². The number of esters is 4. The molecule has 1 saturated heterocycles. The highest BCUT2D eigenvalue weighted by Crippen LogP contribution is 2.30. The van der Waals surface area contributed by atoms with Gasteiger partial charge in [-0.1, -0.05) is 6.92 Å². The fraction of sp³-hybridized carbons (Fsp3) is 0.789. The maximum absolute atomic E-state index is 11.7. The Morgan fingerprint density at radius 1 is 0.833 bits per heavy atom. The normalized spacial score (nSPS) is 25.8. The zero-order chi connectivity index (χ0) is 22.7. The SMILES string of the molecule is CCSCCCO[C@@H]1O[C@H](COC(C)=O)[C@@H](OC(C)=O)[C@H](OC(C)=O)[C@H]1OC(C)=O. The molecule has 0 aromatic rings. The molecule has 0 N–H and O–H groups in total. The number of hydrogen-bond acceptors (Lipinski definition) is 11. The Labute approximate surface area is 180 Å². The first-order chi connectivity index (χ1) is 14.1.